The van der Waals surface area contributed by atoms with Gasteiger partial charge in [-0.2, -0.15) is 0 Å². The van der Waals surface area contributed by atoms with Gasteiger partial charge in [0.25, 0.3) is 5.91 Å². The molecule has 1 aromatic rings. The van der Waals surface area contributed by atoms with Crippen molar-refractivity contribution in [2.45, 2.75) is 65.6 Å². The van der Waals surface area contributed by atoms with Crippen LogP contribution in [0.5, 0.6) is 0 Å². The van der Waals surface area contributed by atoms with E-state index >= 15 is 0 Å². The molecule has 0 spiro atoms. The maximum atomic E-state index is 12.3. The smallest absolute Gasteiger partial charge is 0.340 e. The molecule has 0 radical (unpaired) electrons. The van der Waals surface area contributed by atoms with E-state index in [1.165, 1.54) is 0 Å². The average molecular weight is 292 g/mol. The number of carbonyl (C=O) groups is 2. The number of amides is 1. The number of aromatic nitrogens is 1. The van der Waals surface area contributed by atoms with Crippen LogP contribution < -0.4 is 5.32 Å². The summed E-state index contributed by atoms with van der Waals surface area (Å²) in [7, 11) is 0. The zero-order chi connectivity index (χ0) is 15.7. The molecule has 1 saturated carbocycles. The van der Waals surface area contributed by atoms with Gasteiger partial charge < -0.3 is 14.6 Å². The number of ether oxygens (including phenoxy) is 1. The van der Waals surface area contributed by atoms with Gasteiger partial charge in [-0.05, 0) is 53.5 Å². The van der Waals surface area contributed by atoms with Crippen molar-refractivity contribution in [2.24, 2.45) is 0 Å². The molecule has 2 rings (SSSR count). The van der Waals surface area contributed by atoms with Gasteiger partial charge in [-0.15, -0.1) is 0 Å². The molecule has 1 aromatic heterocycles. The van der Waals surface area contributed by atoms with Crippen LogP contribution in [-0.2, 0) is 9.53 Å². The number of nitrogens with one attached hydrogen (secondary N) is 1. The standard InChI is InChI=1S/C16H24N2O3/c1-9(2)18-10(3)8-14(11(18)4)16(20)21-12(5)15(19)17-13-6-7-13/h8-9,12-13H,6-7H2,1-5H3,(H,17,19). The average Bonchev–Trinajstić information content (AvgIpc) is 3.13. The summed E-state index contributed by atoms with van der Waals surface area (Å²) in [5.41, 5.74) is 2.43. The molecule has 1 fully saturated rings. The van der Waals surface area contributed by atoms with E-state index in [4.69, 9.17) is 4.74 Å². The van der Waals surface area contributed by atoms with E-state index in [0.717, 1.165) is 24.2 Å². The Morgan fingerprint density at radius 1 is 1.29 bits per heavy atom. The molecule has 5 nitrogen and oxygen atoms in total. The second-order valence-corrected chi connectivity index (χ2v) is 6.08. The molecule has 0 aromatic carbocycles. The molecule has 116 valence electrons. The maximum absolute atomic E-state index is 12.3. The minimum absolute atomic E-state index is 0.219. The van der Waals surface area contributed by atoms with Gasteiger partial charge in [0.2, 0.25) is 0 Å². The van der Waals surface area contributed by atoms with Gasteiger partial charge in [-0.25, -0.2) is 4.79 Å². The summed E-state index contributed by atoms with van der Waals surface area (Å²) in [6.07, 6.45) is 1.27. The quantitative estimate of drug-likeness (QED) is 0.848. The predicted molar refractivity (Wildman–Crippen MR) is 80.3 cm³/mol. The normalized spacial score (nSPS) is 15.9. The molecule has 1 amide bonds. The third-order valence-corrected chi connectivity index (χ3v) is 3.80. The van der Waals surface area contributed by atoms with Crippen molar-refractivity contribution in [3.05, 3.63) is 23.0 Å². The molecule has 0 saturated heterocycles. The summed E-state index contributed by atoms with van der Waals surface area (Å²) in [4.78, 5) is 24.1. The van der Waals surface area contributed by atoms with Gasteiger partial charge in [0.1, 0.15) is 0 Å². The highest BCUT2D eigenvalue weighted by atomic mass is 16.5. The number of aryl methyl sites for hydroxylation is 1. The summed E-state index contributed by atoms with van der Waals surface area (Å²) in [5.74, 6) is -0.656. The van der Waals surface area contributed by atoms with Crippen LogP contribution >= 0.6 is 0 Å². The second kappa shape index (κ2) is 5.92. The molecule has 0 bridgehead atoms. The van der Waals surface area contributed by atoms with Crippen molar-refractivity contribution in [1.82, 2.24) is 9.88 Å². The SMILES string of the molecule is Cc1cc(C(=O)OC(C)C(=O)NC2CC2)c(C)n1C(C)C. The van der Waals surface area contributed by atoms with Crippen LogP contribution in [0.1, 0.15) is 61.4 Å². The van der Waals surface area contributed by atoms with Gasteiger partial charge in [0, 0.05) is 23.5 Å². The van der Waals surface area contributed by atoms with Crippen LogP contribution in [0, 0.1) is 13.8 Å². The zero-order valence-electron chi connectivity index (χ0n) is 13.4. The number of carbonyl (C=O) groups excluding carboxylic acids is 2. The first-order valence-corrected chi connectivity index (χ1v) is 7.51. The monoisotopic (exact) mass is 292 g/mol. The van der Waals surface area contributed by atoms with Crippen molar-refractivity contribution in [3.8, 4) is 0 Å². The number of esters is 1. The highest BCUT2D eigenvalue weighted by molar-refractivity contribution is 5.93. The summed E-state index contributed by atoms with van der Waals surface area (Å²) in [5, 5.41) is 2.84. The first kappa shape index (κ1) is 15.6. The summed E-state index contributed by atoms with van der Waals surface area (Å²) in [6.45, 7) is 9.62. The molecular weight excluding hydrogens is 268 g/mol. The Balaban J connectivity index is 2.06. The summed E-state index contributed by atoms with van der Waals surface area (Å²) >= 11 is 0. The van der Waals surface area contributed by atoms with E-state index in [-0.39, 0.29) is 18.0 Å². The van der Waals surface area contributed by atoms with Gasteiger partial charge >= 0.3 is 5.97 Å². The molecule has 0 aliphatic heterocycles. The van der Waals surface area contributed by atoms with Gasteiger partial charge in [-0.1, -0.05) is 0 Å². The lowest BCUT2D eigenvalue weighted by Gasteiger charge is -2.15. The molecule has 21 heavy (non-hydrogen) atoms. The van der Waals surface area contributed by atoms with Crippen molar-refractivity contribution < 1.29 is 14.3 Å². The Morgan fingerprint density at radius 3 is 2.38 bits per heavy atom. The molecule has 1 aliphatic rings. The van der Waals surface area contributed by atoms with Gasteiger partial charge in [-0.3, -0.25) is 4.79 Å². The lowest BCUT2D eigenvalue weighted by Crippen LogP contribution is -2.37. The fourth-order valence-electron chi connectivity index (χ4n) is 2.60. The second-order valence-electron chi connectivity index (χ2n) is 6.08. The summed E-state index contributed by atoms with van der Waals surface area (Å²) < 4.78 is 7.38. The predicted octanol–water partition coefficient (Wildman–Crippen LogP) is 2.51. The highest BCUT2D eigenvalue weighted by Gasteiger charge is 2.28. The molecule has 1 atom stereocenters. The Bertz CT molecular complexity index is 556. The van der Waals surface area contributed by atoms with E-state index in [2.05, 4.69) is 23.7 Å². The lowest BCUT2D eigenvalue weighted by molar-refractivity contribution is -0.129. The molecular formula is C16H24N2O3. The molecule has 1 N–H and O–H groups in total. The Kier molecular flexibility index (Phi) is 4.40. The number of rotatable bonds is 5. The van der Waals surface area contributed by atoms with E-state index in [9.17, 15) is 9.59 Å². The summed E-state index contributed by atoms with van der Waals surface area (Å²) in [6, 6.07) is 2.37. The Morgan fingerprint density at radius 2 is 1.90 bits per heavy atom. The van der Waals surface area contributed by atoms with E-state index in [0.29, 0.717) is 5.56 Å². The number of hydrogen-bond donors (Lipinski definition) is 1. The maximum Gasteiger partial charge on any atom is 0.340 e. The Labute approximate surface area is 125 Å². The van der Waals surface area contributed by atoms with Crippen LogP contribution in [0.15, 0.2) is 6.07 Å². The number of nitrogens with zero attached hydrogens (tertiary/aromatic N) is 1. The molecule has 1 aliphatic carbocycles. The molecule has 5 heteroatoms. The topological polar surface area (TPSA) is 60.3 Å². The zero-order valence-corrected chi connectivity index (χ0v) is 13.4. The van der Waals surface area contributed by atoms with Crippen LogP contribution in [0.25, 0.3) is 0 Å². The van der Waals surface area contributed by atoms with E-state index in [1.807, 2.05) is 19.9 Å². The van der Waals surface area contributed by atoms with Gasteiger partial charge in [0.05, 0.1) is 5.56 Å². The fraction of sp³-hybridized carbons (Fsp3) is 0.625. The van der Waals surface area contributed by atoms with Crippen molar-refractivity contribution in [1.29, 1.82) is 0 Å². The van der Waals surface area contributed by atoms with Crippen molar-refractivity contribution >= 4 is 11.9 Å². The first-order chi connectivity index (χ1) is 9.81. The molecule has 1 unspecified atom stereocenters. The first-order valence-electron chi connectivity index (χ1n) is 7.51. The highest BCUT2D eigenvalue weighted by Crippen LogP contribution is 2.22. The third kappa shape index (κ3) is 3.46. The van der Waals surface area contributed by atoms with Crippen LogP contribution in [-0.4, -0.2) is 28.6 Å². The van der Waals surface area contributed by atoms with Gasteiger partial charge in [0.15, 0.2) is 6.10 Å². The lowest BCUT2D eigenvalue weighted by atomic mass is 10.2. The van der Waals surface area contributed by atoms with Crippen LogP contribution in [0.3, 0.4) is 0 Å². The van der Waals surface area contributed by atoms with Crippen molar-refractivity contribution in [2.75, 3.05) is 0 Å². The minimum atomic E-state index is -0.764. The fourth-order valence-corrected chi connectivity index (χ4v) is 2.60. The number of hydrogen-bond acceptors (Lipinski definition) is 3. The van der Waals surface area contributed by atoms with E-state index in [1.54, 1.807) is 6.92 Å². The third-order valence-electron chi connectivity index (χ3n) is 3.80. The van der Waals surface area contributed by atoms with E-state index < -0.39 is 12.1 Å². The largest absolute Gasteiger partial charge is 0.449 e. The minimum Gasteiger partial charge on any atom is -0.449 e. The van der Waals surface area contributed by atoms with Crippen molar-refractivity contribution in [3.63, 3.8) is 0 Å². The van der Waals surface area contributed by atoms with Crippen LogP contribution in [0.2, 0.25) is 0 Å². The van der Waals surface area contributed by atoms with Crippen LogP contribution in [0.4, 0.5) is 0 Å². The Hall–Kier alpha value is -1.78. The molecule has 1 heterocycles.